The van der Waals surface area contributed by atoms with Gasteiger partial charge in [-0.25, -0.2) is 9.78 Å². The molecule has 0 saturated carbocycles. The van der Waals surface area contributed by atoms with Gasteiger partial charge in [0, 0.05) is 27.1 Å². The lowest BCUT2D eigenvalue weighted by Crippen LogP contribution is -2.24. The molecule has 0 bridgehead atoms. The summed E-state index contributed by atoms with van der Waals surface area (Å²) < 4.78 is 10.3. The minimum Gasteiger partial charge on any atom is -0.379 e. The Kier molecular flexibility index (Phi) is 11.8. The molecular weight excluding hydrogens is 360 g/mol. The molecule has 0 aliphatic heterocycles. The molecule has 0 radical (unpaired) electrons. The molecule has 0 saturated heterocycles. The number of methoxy groups -OCH3 is 2. The van der Waals surface area contributed by atoms with E-state index in [1.54, 1.807) is 14.2 Å². The second kappa shape index (κ2) is 12.6. The fraction of sp³-hybridized carbons (Fsp3) is 0.857. The van der Waals surface area contributed by atoms with Crippen molar-refractivity contribution >= 4 is 12.3 Å². The Hall–Kier alpha value is -1.70. The van der Waals surface area contributed by atoms with E-state index in [9.17, 15) is 9.59 Å². The third-order valence-electron chi connectivity index (χ3n) is 3.16. The van der Waals surface area contributed by atoms with E-state index < -0.39 is 23.5 Å². The van der Waals surface area contributed by atoms with Crippen LogP contribution < -0.4 is 0 Å². The fourth-order valence-corrected chi connectivity index (χ4v) is 1.05. The Morgan fingerprint density at radius 3 is 1.31 bits per heavy atom. The molecule has 0 aromatic rings. The van der Waals surface area contributed by atoms with Crippen LogP contribution in [-0.2, 0) is 48.9 Å². The summed E-state index contributed by atoms with van der Waals surface area (Å²) in [5, 5.41) is 8.19. The zero-order valence-electron chi connectivity index (χ0n) is 15.7. The molecular formula is C14H26O12. The van der Waals surface area contributed by atoms with Crippen molar-refractivity contribution in [2.45, 2.75) is 51.7 Å². The van der Waals surface area contributed by atoms with Crippen LogP contribution in [0.15, 0.2) is 0 Å². The van der Waals surface area contributed by atoms with Gasteiger partial charge in [-0.1, -0.05) is 0 Å². The second-order valence-corrected chi connectivity index (χ2v) is 6.04. The summed E-state index contributed by atoms with van der Waals surface area (Å²) in [5.74, 6) is 0. The summed E-state index contributed by atoms with van der Waals surface area (Å²) in [6, 6.07) is 0. The van der Waals surface area contributed by atoms with Crippen LogP contribution in [0.1, 0.15) is 40.5 Å². The van der Waals surface area contributed by atoms with Crippen molar-refractivity contribution in [2.75, 3.05) is 27.4 Å². The monoisotopic (exact) mass is 386 g/mol. The molecule has 0 fully saturated rings. The van der Waals surface area contributed by atoms with E-state index in [1.807, 2.05) is 27.7 Å². The van der Waals surface area contributed by atoms with Crippen LogP contribution in [0, 0.1) is 0 Å². The highest BCUT2D eigenvalue weighted by molar-refractivity contribution is 5.62. The van der Waals surface area contributed by atoms with Crippen LogP contribution >= 0.6 is 0 Å². The smallest absolute Gasteiger partial charge is 0.379 e. The average molecular weight is 386 g/mol. The minimum absolute atomic E-state index is 0.0715. The van der Waals surface area contributed by atoms with Gasteiger partial charge in [-0.3, -0.25) is 0 Å². The predicted octanol–water partition coefficient (Wildman–Crippen LogP) is 2.56. The maximum Gasteiger partial charge on any atom is 0.584 e. The van der Waals surface area contributed by atoms with Gasteiger partial charge in [0.25, 0.3) is 0 Å². The maximum absolute atomic E-state index is 11.0. The quantitative estimate of drug-likeness (QED) is 0.278. The lowest BCUT2D eigenvalue weighted by atomic mass is 10.1. The van der Waals surface area contributed by atoms with Crippen molar-refractivity contribution in [1.82, 2.24) is 0 Å². The zero-order valence-corrected chi connectivity index (χ0v) is 15.7. The second-order valence-electron chi connectivity index (χ2n) is 6.04. The van der Waals surface area contributed by atoms with Gasteiger partial charge < -0.3 is 9.47 Å². The molecule has 0 aliphatic carbocycles. The molecule has 0 aromatic carbocycles. The van der Waals surface area contributed by atoms with Gasteiger partial charge in [0.1, 0.15) is 0 Å². The van der Waals surface area contributed by atoms with E-state index >= 15 is 0 Å². The molecule has 0 rings (SSSR count). The van der Waals surface area contributed by atoms with Crippen molar-refractivity contribution in [3.63, 3.8) is 0 Å². The largest absolute Gasteiger partial charge is 0.584 e. The SMILES string of the molecule is COC(C)(C)CCOOOC(=O)OOC(=O)OOOCCC(C)(C)OC. The van der Waals surface area contributed by atoms with Crippen LogP contribution in [0.2, 0.25) is 0 Å². The Morgan fingerprint density at radius 2 is 1.00 bits per heavy atom. The lowest BCUT2D eigenvalue weighted by molar-refractivity contribution is -0.503. The molecule has 12 heteroatoms. The molecule has 154 valence electrons. The van der Waals surface area contributed by atoms with Crippen molar-refractivity contribution in [3.8, 4) is 0 Å². The first-order valence-corrected chi connectivity index (χ1v) is 7.57. The standard InChI is InChI=1S/C14H26O12/c1-13(2,17-5)7-9-19-25-23-11(15)21-22-12(16)24-26-20-10-8-14(3,4)18-6/h7-10H2,1-6H3. The summed E-state index contributed by atoms with van der Waals surface area (Å²) in [6.45, 7) is 7.46. The summed E-state index contributed by atoms with van der Waals surface area (Å²) in [4.78, 5) is 46.8. The summed E-state index contributed by atoms with van der Waals surface area (Å²) >= 11 is 0. The molecule has 0 atom stereocenters. The number of hydrogen-bond donors (Lipinski definition) is 0. The number of ether oxygens (including phenoxy) is 2. The molecule has 0 aromatic heterocycles. The van der Waals surface area contributed by atoms with E-state index in [-0.39, 0.29) is 13.2 Å². The molecule has 0 N–H and O–H groups in total. The molecule has 0 heterocycles. The van der Waals surface area contributed by atoms with E-state index in [0.29, 0.717) is 12.8 Å². The number of carbonyl (C=O) groups is 2. The Morgan fingerprint density at radius 1 is 0.654 bits per heavy atom. The van der Waals surface area contributed by atoms with Crippen molar-refractivity contribution in [2.24, 2.45) is 0 Å². The molecule has 12 nitrogen and oxygen atoms in total. The third kappa shape index (κ3) is 13.6. The lowest BCUT2D eigenvalue weighted by Gasteiger charge is -2.21. The molecule has 0 amide bonds. The van der Waals surface area contributed by atoms with Crippen LogP contribution in [0.4, 0.5) is 9.59 Å². The maximum atomic E-state index is 11.0. The summed E-state index contributed by atoms with van der Waals surface area (Å²) in [6.07, 6.45) is -2.11. The van der Waals surface area contributed by atoms with Gasteiger partial charge in [0.15, 0.2) is 0 Å². The highest BCUT2D eigenvalue weighted by Gasteiger charge is 2.19. The predicted molar refractivity (Wildman–Crippen MR) is 80.6 cm³/mol. The number of rotatable bonds is 12. The van der Waals surface area contributed by atoms with E-state index in [2.05, 4.69) is 39.4 Å². The molecule has 0 aliphatic rings. The van der Waals surface area contributed by atoms with Gasteiger partial charge in [-0.15, -0.1) is 0 Å². The first kappa shape index (κ1) is 24.3. The highest BCUT2D eigenvalue weighted by atomic mass is 17.5. The Balaban J connectivity index is 3.60. The third-order valence-corrected chi connectivity index (χ3v) is 3.16. The zero-order chi connectivity index (χ0) is 20.1. The normalized spacial score (nSPS) is 11.8. The number of hydrogen-bond acceptors (Lipinski definition) is 12. The fourth-order valence-electron chi connectivity index (χ4n) is 1.05. The van der Waals surface area contributed by atoms with Crippen molar-refractivity contribution in [1.29, 1.82) is 0 Å². The van der Waals surface area contributed by atoms with Gasteiger partial charge in [-0.2, -0.15) is 29.1 Å². The van der Waals surface area contributed by atoms with Crippen LogP contribution in [0.25, 0.3) is 0 Å². The first-order chi connectivity index (χ1) is 12.1. The number of carbonyl (C=O) groups excluding carboxylic acids is 2. The van der Waals surface area contributed by atoms with Crippen LogP contribution in [-0.4, -0.2) is 50.9 Å². The van der Waals surface area contributed by atoms with E-state index in [4.69, 9.17) is 9.47 Å². The molecule has 0 spiro atoms. The van der Waals surface area contributed by atoms with Crippen LogP contribution in [0.3, 0.4) is 0 Å². The minimum atomic E-state index is -1.52. The van der Waals surface area contributed by atoms with Gasteiger partial charge in [-0.05, 0) is 37.8 Å². The van der Waals surface area contributed by atoms with Crippen molar-refractivity contribution in [3.05, 3.63) is 0 Å². The van der Waals surface area contributed by atoms with Gasteiger partial charge in [0.05, 0.1) is 24.4 Å². The van der Waals surface area contributed by atoms with Gasteiger partial charge in [0.2, 0.25) is 0 Å². The Labute approximate surface area is 151 Å². The Bertz CT molecular complexity index is 371. The van der Waals surface area contributed by atoms with E-state index in [1.165, 1.54) is 0 Å². The van der Waals surface area contributed by atoms with Crippen LogP contribution in [0.5, 0.6) is 0 Å². The average Bonchev–Trinajstić information content (AvgIpc) is 2.59. The highest BCUT2D eigenvalue weighted by Crippen LogP contribution is 2.13. The van der Waals surface area contributed by atoms with Crippen molar-refractivity contribution < 1.29 is 58.5 Å². The summed E-state index contributed by atoms with van der Waals surface area (Å²) in [5.41, 5.74) is -0.865. The van der Waals surface area contributed by atoms with E-state index in [0.717, 1.165) is 0 Å². The molecule has 26 heavy (non-hydrogen) atoms. The summed E-state index contributed by atoms with van der Waals surface area (Å²) in [7, 11) is 3.08. The van der Waals surface area contributed by atoms with Gasteiger partial charge >= 0.3 is 12.3 Å². The topological polar surface area (TPSA) is 126 Å². The first-order valence-electron chi connectivity index (χ1n) is 7.57. The molecule has 0 unspecified atom stereocenters.